The highest BCUT2D eigenvalue weighted by atomic mass is 16.4. The van der Waals surface area contributed by atoms with E-state index in [1.807, 2.05) is 25.7 Å². The summed E-state index contributed by atoms with van der Waals surface area (Å²) in [5, 5.41) is 11.7. The van der Waals surface area contributed by atoms with E-state index in [1.165, 1.54) is 0 Å². The van der Waals surface area contributed by atoms with Crippen molar-refractivity contribution in [1.82, 2.24) is 10.2 Å². The third-order valence-electron chi connectivity index (χ3n) is 4.21. The maximum Gasteiger partial charge on any atom is 0.307 e. The first-order chi connectivity index (χ1) is 9.70. The Kier molecular flexibility index (Phi) is 4.25. The number of aliphatic carboxylic acids is 1. The maximum absolute atomic E-state index is 12.2. The Morgan fingerprint density at radius 3 is 2.10 bits per heavy atom. The van der Waals surface area contributed by atoms with Crippen LogP contribution in [0.25, 0.3) is 0 Å². The summed E-state index contributed by atoms with van der Waals surface area (Å²) in [6.45, 7) is 7.01. The molecule has 6 nitrogen and oxygen atoms in total. The van der Waals surface area contributed by atoms with Gasteiger partial charge in [-0.05, 0) is 19.3 Å². The van der Waals surface area contributed by atoms with E-state index in [4.69, 9.17) is 5.11 Å². The Bertz CT molecular complexity index is 447. The van der Waals surface area contributed by atoms with E-state index in [9.17, 15) is 14.4 Å². The smallest absolute Gasteiger partial charge is 0.307 e. The Balaban J connectivity index is 1.76. The molecule has 1 aliphatic carbocycles. The van der Waals surface area contributed by atoms with Gasteiger partial charge in [0.05, 0.1) is 11.8 Å². The average Bonchev–Trinajstić information content (AvgIpc) is 3.18. The Hall–Kier alpha value is -1.59. The molecule has 118 valence electrons. The van der Waals surface area contributed by atoms with Crippen LogP contribution in [0.4, 0.5) is 0 Å². The molecule has 0 aromatic heterocycles. The number of hydrogen-bond donors (Lipinski definition) is 2. The Morgan fingerprint density at radius 2 is 1.67 bits per heavy atom. The molecule has 2 amide bonds. The minimum absolute atomic E-state index is 0.0524. The molecule has 2 rings (SSSR count). The van der Waals surface area contributed by atoms with Gasteiger partial charge in [0.2, 0.25) is 11.8 Å². The summed E-state index contributed by atoms with van der Waals surface area (Å²) in [4.78, 5) is 36.7. The summed E-state index contributed by atoms with van der Waals surface area (Å²) in [6, 6.07) is 0.0524. The van der Waals surface area contributed by atoms with E-state index in [-0.39, 0.29) is 29.2 Å². The van der Waals surface area contributed by atoms with Crippen LogP contribution in [0.1, 0.15) is 40.0 Å². The number of carbonyl (C=O) groups is 3. The molecule has 0 bridgehead atoms. The van der Waals surface area contributed by atoms with Crippen LogP contribution in [0.2, 0.25) is 0 Å². The van der Waals surface area contributed by atoms with E-state index in [0.717, 1.165) is 12.8 Å². The van der Waals surface area contributed by atoms with Gasteiger partial charge in [-0.3, -0.25) is 14.4 Å². The highest BCUT2D eigenvalue weighted by Gasteiger charge is 2.48. The molecule has 1 heterocycles. The molecule has 1 saturated heterocycles. The van der Waals surface area contributed by atoms with Crippen molar-refractivity contribution in [3.63, 3.8) is 0 Å². The first-order valence-electron chi connectivity index (χ1n) is 7.52. The topological polar surface area (TPSA) is 86.7 Å². The summed E-state index contributed by atoms with van der Waals surface area (Å²) < 4.78 is 0. The maximum atomic E-state index is 12.2. The van der Waals surface area contributed by atoms with Crippen molar-refractivity contribution in [2.24, 2.45) is 17.3 Å². The van der Waals surface area contributed by atoms with E-state index >= 15 is 0 Å². The standard InChI is InChI=1S/C15H24N2O4/c1-15(2,3)14(21)17-6-4-9(5-7-17)16-12(18)10-8-11(10)13(19)20/h9-11H,4-8H2,1-3H3,(H,16,18)(H,19,20). The van der Waals surface area contributed by atoms with Crippen molar-refractivity contribution in [2.45, 2.75) is 46.1 Å². The average molecular weight is 296 g/mol. The minimum atomic E-state index is -0.888. The zero-order chi connectivity index (χ0) is 15.8. The number of carbonyl (C=O) groups excluding carboxylic acids is 2. The lowest BCUT2D eigenvalue weighted by Gasteiger charge is -2.36. The van der Waals surface area contributed by atoms with Gasteiger partial charge in [0, 0.05) is 24.5 Å². The van der Waals surface area contributed by atoms with Gasteiger partial charge in [0.25, 0.3) is 0 Å². The predicted molar refractivity (Wildman–Crippen MR) is 76.4 cm³/mol. The summed E-state index contributed by atoms with van der Waals surface area (Å²) in [5.41, 5.74) is -0.376. The fraction of sp³-hybridized carbons (Fsp3) is 0.800. The van der Waals surface area contributed by atoms with Crippen LogP contribution in [0.3, 0.4) is 0 Å². The summed E-state index contributed by atoms with van der Waals surface area (Å²) >= 11 is 0. The zero-order valence-electron chi connectivity index (χ0n) is 12.9. The van der Waals surface area contributed by atoms with Crippen molar-refractivity contribution in [3.8, 4) is 0 Å². The quantitative estimate of drug-likeness (QED) is 0.808. The molecule has 1 aliphatic heterocycles. The number of carboxylic acid groups (broad SMARTS) is 1. The van der Waals surface area contributed by atoms with Crippen LogP contribution in [0, 0.1) is 17.3 Å². The van der Waals surface area contributed by atoms with Gasteiger partial charge in [0.1, 0.15) is 0 Å². The van der Waals surface area contributed by atoms with Crippen molar-refractivity contribution < 1.29 is 19.5 Å². The van der Waals surface area contributed by atoms with Crippen LogP contribution in [-0.4, -0.2) is 46.9 Å². The molecule has 0 radical (unpaired) electrons. The van der Waals surface area contributed by atoms with Crippen LogP contribution >= 0.6 is 0 Å². The van der Waals surface area contributed by atoms with Gasteiger partial charge in [-0.25, -0.2) is 0 Å². The molecule has 0 aromatic carbocycles. The second-order valence-electron chi connectivity index (χ2n) is 7.11. The van der Waals surface area contributed by atoms with Crippen LogP contribution in [0.5, 0.6) is 0 Å². The van der Waals surface area contributed by atoms with Gasteiger partial charge in [-0.1, -0.05) is 20.8 Å². The number of amides is 2. The molecule has 0 aromatic rings. The van der Waals surface area contributed by atoms with Gasteiger partial charge >= 0.3 is 5.97 Å². The Labute approximate surface area is 124 Å². The second kappa shape index (κ2) is 5.66. The molecule has 2 unspecified atom stereocenters. The van der Waals surface area contributed by atoms with Gasteiger partial charge < -0.3 is 15.3 Å². The third kappa shape index (κ3) is 3.74. The van der Waals surface area contributed by atoms with E-state index in [2.05, 4.69) is 5.32 Å². The molecule has 2 fully saturated rings. The number of hydrogen-bond acceptors (Lipinski definition) is 3. The van der Waals surface area contributed by atoms with Gasteiger partial charge in [0.15, 0.2) is 0 Å². The number of nitrogens with zero attached hydrogens (tertiary/aromatic N) is 1. The van der Waals surface area contributed by atoms with Crippen molar-refractivity contribution in [3.05, 3.63) is 0 Å². The normalized spacial score (nSPS) is 26.3. The minimum Gasteiger partial charge on any atom is -0.481 e. The molecule has 1 saturated carbocycles. The fourth-order valence-electron chi connectivity index (χ4n) is 2.77. The number of likely N-dealkylation sites (tertiary alicyclic amines) is 1. The van der Waals surface area contributed by atoms with Crippen molar-refractivity contribution in [1.29, 1.82) is 0 Å². The molecule has 2 N–H and O–H groups in total. The number of carboxylic acids is 1. The van der Waals surface area contributed by atoms with E-state index < -0.39 is 11.9 Å². The zero-order valence-corrected chi connectivity index (χ0v) is 12.9. The molecular formula is C15H24N2O4. The lowest BCUT2D eigenvalue weighted by atomic mass is 9.93. The lowest BCUT2D eigenvalue weighted by Crippen LogP contribution is -2.49. The van der Waals surface area contributed by atoms with Crippen LogP contribution in [-0.2, 0) is 14.4 Å². The Morgan fingerprint density at radius 1 is 1.10 bits per heavy atom. The largest absolute Gasteiger partial charge is 0.481 e. The molecular weight excluding hydrogens is 272 g/mol. The molecule has 0 spiro atoms. The monoisotopic (exact) mass is 296 g/mol. The fourth-order valence-corrected chi connectivity index (χ4v) is 2.77. The van der Waals surface area contributed by atoms with Gasteiger partial charge in [-0.15, -0.1) is 0 Å². The van der Waals surface area contributed by atoms with E-state index in [1.54, 1.807) is 0 Å². The molecule has 2 aliphatic rings. The van der Waals surface area contributed by atoms with Crippen molar-refractivity contribution >= 4 is 17.8 Å². The first kappa shape index (κ1) is 15.8. The second-order valence-corrected chi connectivity index (χ2v) is 7.11. The third-order valence-corrected chi connectivity index (χ3v) is 4.21. The highest BCUT2D eigenvalue weighted by molar-refractivity contribution is 5.89. The highest BCUT2D eigenvalue weighted by Crippen LogP contribution is 2.38. The van der Waals surface area contributed by atoms with Gasteiger partial charge in [-0.2, -0.15) is 0 Å². The lowest BCUT2D eigenvalue weighted by molar-refractivity contribution is -0.141. The predicted octanol–water partition coefficient (Wildman–Crippen LogP) is 0.860. The number of piperidine rings is 1. The molecule has 6 heteroatoms. The number of nitrogens with one attached hydrogen (secondary N) is 1. The summed E-state index contributed by atoms with van der Waals surface area (Å²) in [6.07, 6.45) is 1.92. The first-order valence-corrected chi connectivity index (χ1v) is 7.52. The number of rotatable bonds is 3. The van der Waals surface area contributed by atoms with Crippen LogP contribution < -0.4 is 5.32 Å². The summed E-state index contributed by atoms with van der Waals surface area (Å²) in [5.74, 6) is -1.77. The SMILES string of the molecule is CC(C)(C)C(=O)N1CCC(NC(=O)C2CC2C(=O)O)CC1. The van der Waals surface area contributed by atoms with E-state index in [0.29, 0.717) is 19.5 Å². The van der Waals surface area contributed by atoms with Crippen LogP contribution in [0.15, 0.2) is 0 Å². The molecule has 21 heavy (non-hydrogen) atoms. The molecule has 2 atom stereocenters. The summed E-state index contributed by atoms with van der Waals surface area (Å²) in [7, 11) is 0. The van der Waals surface area contributed by atoms with Crippen molar-refractivity contribution in [2.75, 3.05) is 13.1 Å².